The molecule has 0 heterocycles. The third-order valence-corrected chi connectivity index (χ3v) is 4.62. The van der Waals surface area contributed by atoms with Gasteiger partial charge in [0.15, 0.2) is 0 Å². The third kappa shape index (κ3) is 4.78. The summed E-state index contributed by atoms with van der Waals surface area (Å²) in [5, 5.41) is 1.12. The molecule has 0 saturated carbocycles. The molecule has 142 valence electrons. The second-order valence-corrected chi connectivity index (χ2v) is 7.16. The third-order valence-electron chi connectivity index (χ3n) is 3.56. The standard InChI is InChI=1S/C20H10Cl4O4/c21-11-5-7-17(15(23)9-11)27-19(25)13-3-1-2-4-14(13)20(26)28-18-8-6-12(22)10-16(18)24/h1-10H. The van der Waals surface area contributed by atoms with Crippen molar-refractivity contribution >= 4 is 58.3 Å². The minimum absolute atomic E-state index is 0.00334. The average Bonchev–Trinajstić information content (AvgIpc) is 2.66. The van der Waals surface area contributed by atoms with E-state index in [1.807, 2.05) is 0 Å². The van der Waals surface area contributed by atoms with Crippen molar-refractivity contribution in [3.05, 3.63) is 91.9 Å². The highest BCUT2D eigenvalue weighted by Crippen LogP contribution is 2.30. The fourth-order valence-corrected chi connectivity index (χ4v) is 3.16. The summed E-state index contributed by atoms with van der Waals surface area (Å²) in [5.74, 6) is -1.34. The number of hydrogen-bond acceptors (Lipinski definition) is 4. The molecule has 0 atom stereocenters. The quantitative estimate of drug-likeness (QED) is 0.323. The van der Waals surface area contributed by atoms with Gasteiger partial charge in [-0.3, -0.25) is 0 Å². The van der Waals surface area contributed by atoms with Crippen LogP contribution in [-0.2, 0) is 0 Å². The van der Waals surface area contributed by atoms with E-state index in [0.717, 1.165) is 0 Å². The van der Waals surface area contributed by atoms with Crippen LogP contribution in [0.15, 0.2) is 60.7 Å². The van der Waals surface area contributed by atoms with E-state index in [9.17, 15) is 9.59 Å². The fourth-order valence-electron chi connectivity index (χ4n) is 2.26. The number of benzene rings is 3. The van der Waals surface area contributed by atoms with Crippen LogP contribution < -0.4 is 9.47 Å². The molecule has 0 aromatic heterocycles. The van der Waals surface area contributed by atoms with E-state index in [-0.39, 0.29) is 32.7 Å². The lowest BCUT2D eigenvalue weighted by molar-refractivity contribution is 0.0692. The number of carbonyl (C=O) groups excluding carboxylic acids is 2. The van der Waals surface area contributed by atoms with E-state index in [2.05, 4.69) is 0 Å². The molecule has 0 bridgehead atoms. The van der Waals surface area contributed by atoms with Crippen molar-refractivity contribution in [3.63, 3.8) is 0 Å². The van der Waals surface area contributed by atoms with Crippen molar-refractivity contribution in [2.75, 3.05) is 0 Å². The summed E-state index contributed by atoms with van der Waals surface area (Å²) in [5.41, 5.74) is 0.00667. The Bertz CT molecular complexity index is 981. The van der Waals surface area contributed by atoms with Crippen LogP contribution in [-0.4, -0.2) is 11.9 Å². The molecule has 3 aromatic carbocycles. The van der Waals surface area contributed by atoms with Gasteiger partial charge in [0.1, 0.15) is 11.5 Å². The maximum atomic E-state index is 12.6. The van der Waals surface area contributed by atoms with Crippen LogP contribution in [0.25, 0.3) is 0 Å². The molecule has 28 heavy (non-hydrogen) atoms. The fraction of sp³-hybridized carbons (Fsp3) is 0. The summed E-state index contributed by atoms with van der Waals surface area (Å²) in [6.45, 7) is 0. The molecule has 0 aliphatic rings. The highest BCUT2D eigenvalue weighted by molar-refractivity contribution is 6.36. The molecule has 0 radical (unpaired) electrons. The van der Waals surface area contributed by atoms with Crippen LogP contribution in [0.1, 0.15) is 20.7 Å². The molecule has 0 aliphatic heterocycles. The number of hydrogen-bond donors (Lipinski definition) is 0. The molecule has 0 N–H and O–H groups in total. The van der Waals surface area contributed by atoms with Gasteiger partial charge in [-0.05, 0) is 48.5 Å². The number of esters is 2. The van der Waals surface area contributed by atoms with E-state index >= 15 is 0 Å². The zero-order valence-electron chi connectivity index (χ0n) is 13.9. The second kappa shape index (κ2) is 8.84. The predicted molar refractivity (Wildman–Crippen MR) is 109 cm³/mol. The first-order valence-corrected chi connectivity index (χ1v) is 9.30. The Morgan fingerprint density at radius 2 is 1.00 bits per heavy atom. The van der Waals surface area contributed by atoms with E-state index in [1.165, 1.54) is 48.5 Å². The summed E-state index contributed by atoms with van der Waals surface area (Å²) >= 11 is 23.7. The Labute approximate surface area is 180 Å². The highest BCUT2D eigenvalue weighted by atomic mass is 35.5. The first kappa shape index (κ1) is 20.5. The lowest BCUT2D eigenvalue weighted by Crippen LogP contribution is -2.17. The summed E-state index contributed by atoms with van der Waals surface area (Å²) in [6, 6.07) is 14.9. The Morgan fingerprint density at radius 1 is 0.607 bits per heavy atom. The van der Waals surface area contributed by atoms with Crippen molar-refractivity contribution in [1.29, 1.82) is 0 Å². The van der Waals surface area contributed by atoms with Crippen LogP contribution in [0.5, 0.6) is 11.5 Å². The first-order valence-electron chi connectivity index (χ1n) is 7.78. The molecule has 0 unspecified atom stereocenters. The predicted octanol–water partition coefficient (Wildman–Crippen LogP) is 6.74. The maximum absolute atomic E-state index is 12.6. The van der Waals surface area contributed by atoms with Gasteiger partial charge < -0.3 is 9.47 Å². The van der Waals surface area contributed by atoms with Crippen LogP contribution >= 0.6 is 46.4 Å². The van der Waals surface area contributed by atoms with Crippen LogP contribution in [0.3, 0.4) is 0 Å². The van der Waals surface area contributed by atoms with E-state index in [1.54, 1.807) is 12.1 Å². The molecule has 0 fully saturated rings. The summed E-state index contributed by atoms with van der Waals surface area (Å²) in [7, 11) is 0. The molecule has 0 amide bonds. The van der Waals surface area contributed by atoms with Crippen molar-refractivity contribution in [2.45, 2.75) is 0 Å². The van der Waals surface area contributed by atoms with Gasteiger partial charge in [0, 0.05) is 10.0 Å². The summed E-state index contributed by atoms with van der Waals surface area (Å²) < 4.78 is 10.6. The molecule has 3 rings (SSSR count). The van der Waals surface area contributed by atoms with E-state index in [4.69, 9.17) is 55.9 Å². The minimum atomic E-state index is -0.779. The van der Waals surface area contributed by atoms with Crippen molar-refractivity contribution in [1.82, 2.24) is 0 Å². The minimum Gasteiger partial charge on any atom is -0.421 e. The molecular weight excluding hydrogens is 446 g/mol. The van der Waals surface area contributed by atoms with Gasteiger partial charge in [0.2, 0.25) is 0 Å². The van der Waals surface area contributed by atoms with Gasteiger partial charge in [-0.25, -0.2) is 9.59 Å². The van der Waals surface area contributed by atoms with Crippen molar-refractivity contribution in [2.24, 2.45) is 0 Å². The molecule has 8 heteroatoms. The second-order valence-electron chi connectivity index (χ2n) is 5.47. The topological polar surface area (TPSA) is 52.6 Å². The Kier molecular flexibility index (Phi) is 6.47. The van der Waals surface area contributed by atoms with Gasteiger partial charge in [-0.15, -0.1) is 0 Å². The van der Waals surface area contributed by atoms with Crippen molar-refractivity contribution in [3.8, 4) is 11.5 Å². The zero-order chi connectivity index (χ0) is 20.3. The normalized spacial score (nSPS) is 10.4. The van der Waals surface area contributed by atoms with Gasteiger partial charge in [0.25, 0.3) is 0 Å². The molecule has 3 aromatic rings. The number of rotatable bonds is 4. The zero-order valence-corrected chi connectivity index (χ0v) is 16.9. The van der Waals surface area contributed by atoms with Gasteiger partial charge in [-0.1, -0.05) is 58.5 Å². The first-order chi connectivity index (χ1) is 13.3. The number of carbonyl (C=O) groups is 2. The molecular formula is C20H10Cl4O4. The Morgan fingerprint density at radius 3 is 1.36 bits per heavy atom. The van der Waals surface area contributed by atoms with Crippen LogP contribution in [0.2, 0.25) is 20.1 Å². The SMILES string of the molecule is O=C(Oc1ccc(Cl)cc1Cl)c1ccccc1C(=O)Oc1ccc(Cl)cc1Cl. The number of ether oxygens (including phenoxy) is 2. The average molecular weight is 456 g/mol. The van der Waals surface area contributed by atoms with Gasteiger partial charge >= 0.3 is 11.9 Å². The van der Waals surface area contributed by atoms with Gasteiger partial charge in [-0.2, -0.15) is 0 Å². The number of halogens is 4. The van der Waals surface area contributed by atoms with E-state index in [0.29, 0.717) is 10.0 Å². The lowest BCUT2D eigenvalue weighted by atomic mass is 10.1. The Hall–Kier alpha value is -2.24. The smallest absolute Gasteiger partial charge is 0.344 e. The summed E-state index contributed by atoms with van der Waals surface area (Å²) in [6.07, 6.45) is 0. The highest BCUT2D eigenvalue weighted by Gasteiger charge is 2.21. The molecule has 0 spiro atoms. The van der Waals surface area contributed by atoms with Crippen LogP contribution in [0.4, 0.5) is 0 Å². The molecule has 0 aliphatic carbocycles. The van der Waals surface area contributed by atoms with Crippen molar-refractivity contribution < 1.29 is 19.1 Å². The lowest BCUT2D eigenvalue weighted by Gasteiger charge is -2.11. The molecule has 0 saturated heterocycles. The molecule has 4 nitrogen and oxygen atoms in total. The summed E-state index contributed by atoms with van der Waals surface area (Å²) in [4.78, 5) is 25.2. The maximum Gasteiger partial charge on any atom is 0.344 e. The van der Waals surface area contributed by atoms with Crippen LogP contribution in [0, 0.1) is 0 Å². The van der Waals surface area contributed by atoms with E-state index < -0.39 is 11.9 Å². The van der Waals surface area contributed by atoms with Gasteiger partial charge in [0.05, 0.1) is 21.2 Å². The monoisotopic (exact) mass is 454 g/mol. The largest absolute Gasteiger partial charge is 0.421 e. The Balaban J connectivity index is 1.85.